The molecule has 4 N–H and O–H groups in total. The highest BCUT2D eigenvalue weighted by Gasteiger charge is 2.28. The molecule has 3 fully saturated rings. The summed E-state index contributed by atoms with van der Waals surface area (Å²) in [5, 5.41) is 6.01. The number of amides is 2. The molecule has 232 valence electrons. The molecule has 0 bridgehead atoms. The highest BCUT2D eigenvalue weighted by atomic mass is 35.5. The van der Waals surface area contributed by atoms with Gasteiger partial charge in [-0.3, -0.25) is 9.59 Å². The molecule has 2 saturated heterocycles. The first-order valence-corrected chi connectivity index (χ1v) is 14.8. The third-order valence-corrected chi connectivity index (χ3v) is 8.17. The maximum Gasteiger partial charge on any atom is 0.253 e. The van der Waals surface area contributed by atoms with Gasteiger partial charge in [-0.15, -0.1) is 24.8 Å². The van der Waals surface area contributed by atoms with Gasteiger partial charge < -0.3 is 30.7 Å². The van der Waals surface area contributed by atoms with Crippen molar-refractivity contribution in [2.24, 2.45) is 5.73 Å². The average molecular weight is 626 g/mol. The standard InChI is InChI=1S/C31H41FN4O4.2ClH/c32-23-17-24(35-30(37)8-12-33)19-27(18-23)39-25-10-14-36(15-11-25)31(38)22-6-7-29(40-26-9-13-34-20-26)28(16-22)21-4-2-1-3-5-21;;/h6-7,16-19,21,25-26,34H,1-5,8-15,20,33H2,(H,35,37);2*1H/t26-;;/m0../s1. The zero-order valence-electron chi connectivity index (χ0n) is 23.9. The number of piperidine rings is 1. The van der Waals surface area contributed by atoms with Gasteiger partial charge in [0.1, 0.15) is 29.5 Å². The van der Waals surface area contributed by atoms with Crippen LogP contribution in [0.1, 0.15) is 79.6 Å². The van der Waals surface area contributed by atoms with E-state index in [0.29, 0.717) is 48.8 Å². The maximum atomic E-state index is 14.2. The number of anilines is 1. The molecule has 2 amide bonds. The number of benzene rings is 2. The van der Waals surface area contributed by atoms with Gasteiger partial charge in [-0.05, 0) is 61.6 Å². The average Bonchev–Trinajstić information content (AvgIpc) is 3.47. The molecule has 1 aliphatic carbocycles. The molecule has 2 heterocycles. The zero-order chi connectivity index (χ0) is 27.9. The molecule has 0 aromatic heterocycles. The Labute approximate surface area is 260 Å². The van der Waals surface area contributed by atoms with Crippen molar-refractivity contribution < 1.29 is 23.5 Å². The number of carbonyl (C=O) groups is 2. The molecule has 2 aromatic carbocycles. The van der Waals surface area contributed by atoms with Crippen molar-refractivity contribution in [3.63, 3.8) is 0 Å². The van der Waals surface area contributed by atoms with E-state index in [0.717, 1.165) is 38.1 Å². The molecule has 0 spiro atoms. The Morgan fingerprint density at radius 1 is 0.952 bits per heavy atom. The minimum atomic E-state index is -0.487. The van der Waals surface area contributed by atoms with E-state index in [1.807, 2.05) is 17.0 Å². The lowest BCUT2D eigenvalue weighted by atomic mass is 9.83. The van der Waals surface area contributed by atoms with Crippen molar-refractivity contribution >= 4 is 42.3 Å². The Morgan fingerprint density at radius 2 is 1.71 bits per heavy atom. The van der Waals surface area contributed by atoms with Gasteiger partial charge in [0.25, 0.3) is 5.91 Å². The first-order chi connectivity index (χ1) is 19.5. The lowest BCUT2D eigenvalue weighted by Gasteiger charge is -2.33. The van der Waals surface area contributed by atoms with Gasteiger partial charge in [-0.1, -0.05) is 19.3 Å². The normalized spacial score (nSPS) is 19.4. The molecule has 1 atom stereocenters. The molecule has 3 aliphatic rings. The third kappa shape index (κ3) is 8.96. The summed E-state index contributed by atoms with van der Waals surface area (Å²) in [7, 11) is 0. The van der Waals surface area contributed by atoms with Gasteiger partial charge in [0.2, 0.25) is 5.91 Å². The van der Waals surface area contributed by atoms with E-state index in [4.69, 9.17) is 15.2 Å². The first-order valence-electron chi connectivity index (χ1n) is 14.8. The summed E-state index contributed by atoms with van der Waals surface area (Å²) in [5.74, 6) is 0.989. The molecule has 11 heteroatoms. The van der Waals surface area contributed by atoms with Gasteiger partial charge in [0.15, 0.2) is 0 Å². The molecule has 0 radical (unpaired) electrons. The Bertz CT molecular complexity index is 1180. The second kappa shape index (κ2) is 16.3. The molecule has 2 aromatic rings. The number of ether oxygens (including phenoxy) is 2. The van der Waals surface area contributed by atoms with Crippen LogP contribution in [0.3, 0.4) is 0 Å². The fourth-order valence-electron chi connectivity index (χ4n) is 6.04. The number of carbonyl (C=O) groups excluding carboxylic acids is 2. The van der Waals surface area contributed by atoms with Crippen LogP contribution in [0.15, 0.2) is 36.4 Å². The van der Waals surface area contributed by atoms with E-state index in [-0.39, 0.29) is 61.8 Å². The second-order valence-electron chi connectivity index (χ2n) is 11.2. The van der Waals surface area contributed by atoms with Crippen molar-refractivity contribution in [2.75, 3.05) is 38.0 Å². The molecule has 5 rings (SSSR count). The van der Waals surface area contributed by atoms with Crippen LogP contribution in [-0.4, -0.2) is 61.6 Å². The number of hydrogen-bond donors (Lipinski definition) is 3. The molecule has 2 aliphatic heterocycles. The van der Waals surface area contributed by atoms with Crippen molar-refractivity contribution in [1.82, 2.24) is 10.2 Å². The van der Waals surface area contributed by atoms with Crippen LogP contribution in [0.25, 0.3) is 0 Å². The van der Waals surface area contributed by atoms with E-state index in [9.17, 15) is 14.0 Å². The number of nitrogens with zero attached hydrogens (tertiary/aromatic N) is 1. The van der Waals surface area contributed by atoms with Crippen LogP contribution in [0.4, 0.5) is 10.1 Å². The van der Waals surface area contributed by atoms with Crippen molar-refractivity contribution in [2.45, 2.75) is 75.9 Å². The summed E-state index contributed by atoms with van der Waals surface area (Å²) in [4.78, 5) is 27.3. The topological polar surface area (TPSA) is 106 Å². The Kier molecular flexibility index (Phi) is 13.2. The Morgan fingerprint density at radius 3 is 2.40 bits per heavy atom. The number of nitrogens with two attached hydrogens (primary N) is 1. The fourth-order valence-corrected chi connectivity index (χ4v) is 6.04. The van der Waals surface area contributed by atoms with E-state index in [1.54, 1.807) is 6.07 Å². The van der Waals surface area contributed by atoms with Gasteiger partial charge in [-0.25, -0.2) is 4.39 Å². The van der Waals surface area contributed by atoms with Crippen LogP contribution >= 0.6 is 24.8 Å². The number of likely N-dealkylation sites (tertiary alicyclic amines) is 1. The second-order valence-corrected chi connectivity index (χ2v) is 11.2. The molecule has 1 saturated carbocycles. The van der Waals surface area contributed by atoms with Crippen LogP contribution in [0.5, 0.6) is 11.5 Å². The number of halogens is 3. The molecule has 42 heavy (non-hydrogen) atoms. The molecular formula is C31H43Cl2FN4O4. The lowest BCUT2D eigenvalue weighted by Crippen LogP contribution is -2.41. The van der Waals surface area contributed by atoms with Crippen LogP contribution in [-0.2, 0) is 4.79 Å². The lowest BCUT2D eigenvalue weighted by molar-refractivity contribution is -0.116. The number of hydrogen-bond acceptors (Lipinski definition) is 6. The SMILES string of the molecule is Cl.Cl.NCCC(=O)Nc1cc(F)cc(OC2CCN(C(=O)c3ccc(O[C@H]4CCNC4)c(C4CCCCC4)c3)CC2)c1. The van der Waals surface area contributed by atoms with Crippen LogP contribution in [0.2, 0.25) is 0 Å². The van der Waals surface area contributed by atoms with Gasteiger partial charge in [0.05, 0.1) is 0 Å². The Balaban J connectivity index is 0.00000242. The minimum Gasteiger partial charge on any atom is -0.490 e. The third-order valence-electron chi connectivity index (χ3n) is 8.17. The predicted octanol–water partition coefficient (Wildman–Crippen LogP) is 5.43. The highest BCUT2D eigenvalue weighted by Crippen LogP contribution is 2.39. The van der Waals surface area contributed by atoms with E-state index in [1.165, 1.54) is 37.0 Å². The highest BCUT2D eigenvalue weighted by molar-refractivity contribution is 5.95. The monoisotopic (exact) mass is 624 g/mol. The summed E-state index contributed by atoms with van der Waals surface area (Å²) in [6.07, 6.45) is 8.46. The van der Waals surface area contributed by atoms with Crippen molar-refractivity contribution in [3.8, 4) is 11.5 Å². The van der Waals surface area contributed by atoms with E-state index >= 15 is 0 Å². The molecule has 8 nitrogen and oxygen atoms in total. The summed E-state index contributed by atoms with van der Waals surface area (Å²) in [6, 6.07) is 10.2. The van der Waals surface area contributed by atoms with E-state index < -0.39 is 5.82 Å². The van der Waals surface area contributed by atoms with Crippen molar-refractivity contribution in [3.05, 3.63) is 53.3 Å². The summed E-state index contributed by atoms with van der Waals surface area (Å²) in [5.41, 5.74) is 7.64. The van der Waals surface area contributed by atoms with Gasteiger partial charge in [-0.2, -0.15) is 0 Å². The van der Waals surface area contributed by atoms with E-state index in [2.05, 4.69) is 16.7 Å². The van der Waals surface area contributed by atoms with Crippen LogP contribution < -0.4 is 25.8 Å². The molecular weight excluding hydrogens is 582 g/mol. The zero-order valence-corrected chi connectivity index (χ0v) is 25.6. The van der Waals surface area contributed by atoms with Crippen molar-refractivity contribution in [1.29, 1.82) is 0 Å². The maximum absolute atomic E-state index is 14.2. The van der Waals surface area contributed by atoms with Crippen LogP contribution in [0, 0.1) is 5.82 Å². The quantitative estimate of drug-likeness (QED) is 0.344. The number of rotatable bonds is 9. The Hall–Kier alpha value is -2.59. The number of nitrogens with one attached hydrogen (secondary N) is 2. The van der Waals surface area contributed by atoms with Gasteiger partial charge >= 0.3 is 0 Å². The smallest absolute Gasteiger partial charge is 0.253 e. The summed E-state index contributed by atoms with van der Waals surface area (Å²) in [6.45, 7) is 3.18. The predicted molar refractivity (Wildman–Crippen MR) is 167 cm³/mol. The molecule has 0 unspecified atom stereocenters. The fraction of sp³-hybridized carbons (Fsp3) is 0.548. The largest absolute Gasteiger partial charge is 0.490 e. The first kappa shape index (κ1) is 33.9. The minimum absolute atomic E-state index is 0. The summed E-state index contributed by atoms with van der Waals surface area (Å²) < 4.78 is 26.6. The van der Waals surface area contributed by atoms with Gasteiger partial charge in [0, 0.05) is 68.8 Å². The summed E-state index contributed by atoms with van der Waals surface area (Å²) >= 11 is 0.